The second-order valence-corrected chi connectivity index (χ2v) is 14.1. The van der Waals surface area contributed by atoms with Gasteiger partial charge in [-0.25, -0.2) is 4.98 Å². The third-order valence-corrected chi connectivity index (χ3v) is 10.4. The number of rotatable bonds is 21. The van der Waals surface area contributed by atoms with E-state index in [0.29, 0.717) is 43.8 Å². The highest BCUT2D eigenvalue weighted by Gasteiger charge is 2.34. The van der Waals surface area contributed by atoms with Crippen molar-refractivity contribution in [2.75, 3.05) is 33.2 Å². The summed E-state index contributed by atoms with van der Waals surface area (Å²) in [6, 6.07) is 7.97. The minimum absolute atomic E-state index is 0.00669. The summed E-state index contributed by atoms with van der Waals surface area (Å²) in [6.45, 7) is 9.24. The fourth-order valence-corrected chi connectivity index (χ4v) is 7.18. The van der Waals surface area contributed by atoms with Crippen LogP contribution in [0.2, 0.25) is 0 Å². The van der Waals surface area contributed by atoms with E-state index in [1.54, 1.807) is 17.5 Å². The molecule has 0 unspecified atom stereocenters. The molecule has 0 spiro atoms. The SMILES string of the molecule is CCC[C@H](O)[C@H](O)[C@H](CC1CCCCC1)NC(=O)[C@H](Cc1cscn1)NC(=O)[C@@H](CC(=O)N(C)CCN(CC)CC)Cc1ccccc1. The molecule has 268 valence electrons. The first-order valence-electron chi connectivity index (χ1n) is 18.0. The first-order chi connectivity index (χ1) is 23.1. The monoisotopic (exact) mass is 685 g/mol. The summed E-state index contributed by atoms with van der Waals surface area (Å²) in [5.41, 5.74) is 3.29. The van der Waals surface area contributed by atoms with Gasteiger partial charge in [0, 0.05) is 38.4 Å². The molecule has 4 N–H and O–H groups in total. The van der Waals surface area contributed by atoms with Crippen molar-refractivity contribution in [3.63, 3.8) is 0 Å². The number of benzene rings is 1. The number of likely N-dealkylation sites (N-methyl/N-ethyl adjacent to an activating group) is 2. The molecule has 1 aliphatic rings. The molecule has 1 saturated carbocycles. The van der Waals surface area contributed by atoms with Gasteiger partial charge in [0.15, 0.2) is 0 Å². The Balaban J connectivity index is 1.81. The number of thiazole rings is 1. The maximum absolute atomic E-state index is 14.1. The molecule has 1 fully saturated rings. The van der Waals surface area contributed by atoms with Crippen LogP contribution >= 0.6 is 11.3 Å². The van der Waals surface area contributed by atoms with Crippen LogP contribution in [-0.2, 0) is 27.2 Å². The average molecular weight is 686 g/mol. The highest BCUT2D eigenvalue weighted by Crippen LogP contribution is 2.29. The zero-order valence-electron chi connectivity index (χ0n) is 29.5. The number of nitrogens with one attached hydrogen (secondary N) is 2. The third-order valence-electron chi connectivity index (χ3n) is 9.75. The highest BCUT2D eigenvalue weighted by molar-refractivity contribution is 7.07. The summed E-state index contributed by atoms with van der Waals surface area (Å²) >= 11 is 1.41. The molecule has 3 amide bonds. The summed E-state index contributed by atoms with van der Waals surface area (Å²) in [5, 5.41) is 29.8. The van der Waals surface area contributed by atoms with E-state index in [9.17, 15) is 24.6 Å². The van der Waals surface area contributed by atoms with Crippen molar-refractivity contribution in [3.8, 4) is 0 Å². The normalized spacial score (nSPS) is 16.9. The minimum atomic E-state index is -1.12. The third kappa shape index (κ3) is 13.2. The summed E-state index contributed by atoms with van der Waals surface area (Å²) in [4.78, 5) is 49.8. The van der Waals surface area contributed by atoms with Gasteiger partial charge in [0.05, 0.1) is 35.4 Å². The van der Waals surface area contributed by atoms with Crippen LogP contribution in [0.25, 0.3) is 0 Å². The number of aliphatic hydroxyl groups is 2. The molecule has 1 aliphatic carbocycles. The van der Waals surface area contributed by atoms with Crippen molar-refractivity contribution < 1.29 is 24.6 Å². The zero-order chi connectivity index (χ0) is 34.9. The topological polar surface area (TPSA) is 135 Å². The molecule has 0 aliphatic heterocycles. The number of carbonyl (C=O) groups is 3. The highest BCUT2D eigenvalue weighted by atomic mass is 32.1. The number of aliphatic hydroxyl groups excluding tert-OH is 2. The van der Waals surface area contributed by atoms with Crippen molar-refractivity contribution in [2.45, 2.75) is 116 Å². The van der Waals surface area contributed by atoms with E-state index >= 15 is 0 Å². The van der Waals surface area contributed by atoms with Gasteiger partial charge >= 0.3 is 0 Å². The van der Waals surface area contributed by atoms with Crippen LogP contribution in [-0.4, -0.2) is 100 Å². The van der Waals surface area contributed by atoms with Crippen LogP contribution in [0.3, 0.4) is 0 Å². The van der Waals surface area contributed by atoms with Crippen LogP contribution in [0.15, 0.2) is 41.2 Å². The van der Waals surface area contributed by atoms with Gasteiger partial charge in [-0.2, -0.15) is 0 Å². The van der Waals surface area contributed by atoms with Crippen LogP contribution in [0.1, 0.15) is 89.8 Å². The largest absolute Gasteiger partial charge is 0.390 e. The lowest BCUT2D eigenvalue weighted by Gasteiger charge is -2.33. The fraction of sp³-hybridized carbons (Fsp3) is 0.676. The van der Waals surface area contributed by atoms with Crippen LogP contribution in [0.4, 0.5) is 0 Å². The Bertz CT molecular complexity index is 1210. The molecule has 10 nitrogen and oxygen atoms in total. The van der Waals surface area contributed by atoms with Gasteiger partial charge in [-0.15, -0.1) is 11.3 Å². The van der Waals surface area contributed by atoms with Crippen molar-refractivity contribution >= 4 is 29.1 Å². The Morgan fingerprint density at radius 3 is 2.29 bits per heavy atom. The maximum atomic E-state index is 14.1. The molecule has 1 aromatic carbocycles. The van der Waals surface area contributed by atoms with Gasteiger partial charge in [-0.05, 0) is 43.8 Å². The van der Waals surface area contributed by atoms with Crippen molar-refractivity contribution in [2.24, 2.45) is 11.8 Å². The van der Waals surface area contributed by atoms with Crippen molar-refractivity contribution in [3.05, 3.63) is 52.5 Å². The van der Waals surface area contributed by atoms with Crippen molar-refractivity contribution in [1.29, 1.82) is 0 Å². The molecule has 0 saturated heterocycles. The van der Waals surface area contributed by atoms with E-state index in [1.807, 2.05) is 42.6 Å². The summed E-state index contributed by atoms with van der Waals surface area (Å²) < 4.78 is 0. The lowest BCUT2D eigenvalue weighted by atomic mass is 9.82. The van der Waals surface area contributed by atoms with E-state index in [0.717, 1.165) is 50.9 Å². The van der Waals surface area contributed by atoms with Gasteiger partial charge in [-0.3, -0.25) is 14.4 Å². The molecule has 2 aromatic rings. The molecule has 1 heterocycles. The van der Waals surface area contributed by atoms with E-state index in [2.05, 4.69) is 34.4 Å². The Morgan fingerprint density at radius 2 is 1.67 bits per heavy atom. The van der Waals surface area contributed by atoms with Crippen LogP contribution < -0.4 is 10.6 Å². The molecular weight excluding hydrogens is 627 g/mol. The quantitative estimate of drug-likeness (QED) is 0.155. The summed E-state index contributed by atoms with van der Waals surface area (Å²) in [7, 11) is 1.77. The predicted octanol–water partition coefficient (Wildman–Crippen LogP) is 4.20. The number of aromatic nitrogens is 1. The Labute approximate surface area is 291 Å². The second kappa shape index (κ2) is 21.3. The van der Waals surface area contributed by atoms with E-state index in [-0.39, 0.29) is 24.7 Å². The standard InChI is InChI=1S/C37H59N5O5S/c1-5-14-33(43)35(45)31(22-28-17-12-9-13-18-28)39-37(47)32(24-30-25-48-26-38-30)40-36(46)29(21-27-15-10-8-11-16-27)23-34(44)41(4)19-20-42(6-2)7-3/h8,10-11,15-16,25-26,28-29,31-33,35,43,45H,5-7,9,12-14,17-24H2,1-4H3,(H,39,47)(H,40,46)/t29-,31+,32+,33+,35-/m1/s1. The molecule has 0 bridgehead atoms. The van der Waals surface area contributed by atoms with E-state index in [1.165, 1.54) is 17.8 Å². The van der Waals surface area contributed by atoms with Gasteiger partial charge in [0.25, 0.3) is 0 Å². The van der Waals surface area contributed by atoms with E-state index in [4.69, 9.17) is 0 Å². The second-order valence-electron chi connectivity index (χ2n) is 13.4. The number of hydrogen-bond donors (Lipinski definition) is 4. The van der Waals surface area contributed by atoms with E-state index < -0.39 is 36.1 Å². The number of hydrogen-bond acceptors (Lipinski definition) is 8. The molecule has 3 rings (SSSR count). The minimum Gasteiger partial charge on any atom is -0.390 e. The predicted molar refractivity (Wildman–Crippen MR) is 191 cm³/mol. The lowest BCUT2D eigenvalue weighted by Crippen LogP contribution is -2.56. The van der Waals surface area contributed by atoms with Gasteiger partial charge in [0.1, 0.15) is 6.04 Å². The summed E-state index contributed by atoms with van der Waals surface area (Å²) in [6.07, 6.45) is 5.62. The smallest absolute Gasteiger partial charge is 0.243 e. The summed E-state index contributed by atoms with van der Waals surface area (Å²) in [5.74, 6) is -1.29. The maximum Gasteiger partial charge on any atom is 0.243 e. The zero-order valence-corrected chi connectivity index (χ0v) is 30.3. The molecule has 0 radical (unpaired) electrons. The first kappa shape index (κ1) is 39.6. The Morgan fingerprint density at radius 1 is 0.958 bits per heavy atom. The van der Waals surface area contributed by atoms with Gasteiger partial charge in [0.2, 0.25) is 17.7 Å². The first-order valence-corrected chi connectivity index (χ1v) is 18.9. The van der Waals surface area contributed by atoms with Crippen LogP contribution in [0, 0.1) is 11.8 Å². The molecule has 5 atom stereocenters. The van der Waals surface area contributed by atoms with Gasteiger partial charge < -0.3 is 30.6 Å². The molecular formula is C37H59N5O5S. The molecule has 11 heteroatoms. The Kier molecular flexibility index (Phi) is 17.5. The number of amides is 3. The van der Waals surface area contributed by atoms with Crippen molar-refractivity contribution in [1.82, 2.24) is 25.4 Å². The molecule has 1 aromatic heterocycles. The Hall–Kier alpha value is -2.86. The average Bonchev–Trinajstić information content (AvgIpc) is 3.61. The lowest BCUT2D eigenvalue weighted by molar-refractivity contribution is -0.137. The molecule has 48 heavy (non-hydrogen) atoms. The fourth-order valence-electron chi connectivity index (χ4n) is 6.61. The number of nitrogens with zero attached hydrogens (tertiary/aromatic N) is 3. The number of carbonyl (C=O) groups excluding carboxylic acids is 3. The van der Waals surface area contributed by atoms with Crippen LogP contribution in [0.5, 0.6) is 0 Å². The van der Waals surface area contributed by atoms with Gasteiger partial charge in [-0.1, -0.05) is 89.6 Å².